The molecule has 2 heterocycles. The molecule has 25 heavy (non-hydrogen) atoms. The van der Waals surface area contributed by atoms with E-state index in [-0.39, 0.29) is 16.9 Å². The molecule has 0 aliphatic carbocycles. The number of amides is 1. The van der Waals surface area contributed by atoms with Crippen LogP contribution in [0.1, 0.15) is 5.56 Å². The van der Waals surface area contributed by atoms with Gasteiger partial charge in [-0.05, 0) is 35.7 Å². The molecule has 3 aromatic rings. The first-order valence-electron chi connectivity index (χ1n) is 7.23. The Hall–Kier alpha value is -1.54. The molecule has 3 rings (SSSR count). The van der Waals surface area contributed by atoms with Crippen molar-refractivity contribution in [2.75, 3.05) is 12.3 Å². The van der Waals surface area contributed by atoms with Crippen LogP contribution in [0.15, 0.2) is 29.6 Å². The molecule has 0 aliphatic rings. The fraction of sp³-hybridized carbons (Fsp3) is 0.200. The van der Waals surface area contributed by atoms with Crippen molar-refractivity contribution >= 4 is 63.6 Å². The zero-order chi connectivity index (χ0) is 17.8. The summed E-state index contributed by atoms with van der Waals surface area (Å²) in [6.45, 7) is 0.477. The standard InChI is InChI=1S/C15H12Cl3N5OS/c16-9-2-1-8(10(17)5-9)3-4-19-11(24)6-25-14-12-13(21-7-20-12)22-15(18)23-14/h1-2,5,7H,3-4,6H2,(H,19,24)(H,20,21,22,23). The number of nitrogens with one attached hydrogen (secondary N) is 2. The number of nitrogens with zero attached hydrogens (tertiary/aromatic N) is 3. The Balaban J connectivity index is 1.52. The molecule has 2 N–H and O–H groups in total. The van der Waals surface area contributed by atoms with E-state index in [1.165, 1.54) is 18.1 Å². The van der Waals surface area contributed by atoms with E-state index in [1.54, 1.807) is 12.1 Å². The highest BCUT2D eigenvalue weighted by atomic mass is 35.5. The molecule has 0 radical (unpaired) electrons. The minimum atomic E-state index is -0.113. The van der Waals surface area contributed by atoms with Gasteiger partial charge in [-0.25, -0.2) is 9.97 Å². The zero-order valence-electron chi connectivity index (χ0n) is 12.7. The maximum absolute atomic E-state index is 12.0. The largest absolute Gasteiger partial charge is 0.355 e. The van der Waals surface area contributed by atoms with Gasteiger partial charge in [-0.1, -0.05) is 41.0 Å². The van der Waals surface area contributed by atoms with Crippen LogP contribution in [0.2, 0.25) is 15.3 Å². The highest BCUT2D eigenvalue weighted by Crippen LogP contribution is 2.24. The number of imidazole rings is 1. The van der Waals surface area contributed by atoms with E-state index in [1.807, 2.05) is 6.07 Å². The van der Waals surface area contributed by atoms with Crippen LogP contribution >= 0.6 is 46.6 Å². The Morgan fingerprint density at radius 2 is 2.08 bits per heavy atom. The first-order chi connectivity index (χ1) is 12.0. The van der Waals surface area contributed by atoms with Crippen molar-refractivity contribution in [2.45, 2.75) is 11.4 Å². The predicted molar refractivity (Wildman–Crippen MR) is 101 cm³/mol. The Kier molecular flexibility index (Phi) is 6.01. The summed E-state index contributed by atoms with van der Waals surface area (Å²) in [5.41, 5.74) is 2.07. The number of aromatic amines is 1. The monoisotopic (exact) mass is 415 g/mol. The van der Waals surface area contributed by atoms with Crippen molar-refractivity contribution in [3.8, 4) is 0 Å². The van der Waals surface area contributed by atoms with Crippen molar-refractivity contribution in [1.82, 2.24) is 25.3 Å². The highest BCUT2D eigenvalue weighted by Gasteiger charge is 2.11. The molecule has 0 atom stereocenters. The van der Waals surface area contributed by atoms with Gasteiger partial charge in [0.25, 0.3) is 0 Å². The molecule has 130 valence electrons. The summed E-state index contributed by atoms with van der Waals surface area (Å²) in [5.74, 6) is 0.0907. The molecule has 0 fully saturated rings. The highest BCUT2D eigenvalue weighted by molar-refractivity contribution is 8.00. The molecule has 0 unspecified atom stereocenters. The van der Waals surface area contributed by atoms with Crippen LogP contribution in [0.4, 0.5) is 0 Å². The molecule has 0 saturated heterocycles. The van der Waals surface area contributed by atoms with Crippen molar-refractivity contribution in [1.29, 1.82) is 0 Å². The van der Waals surface area contributed by atoms with E-state index >= 15 is 0 Å². The number of hydrogen-bond donors (Lipinski definition) is 2. The molecule has 0 bridgehead atoms. The van der Waals surface area contributed by atoms with Gasteiger partial charge in [0.15, 0.2) is 5.65 Å². The minimum Gasteiger partial charge on any atom is -0.355 e. The van der Waals surface area contributed by atoms with E-state index in [9.17, 15) is 4.79 Å². The van der Waals surface area contributed by atoms with Crippen LogP contribution in [0.3, 0.4) is 0 Å². The normalized spacial score (nSPS) is 11.0. The SMILES string of the molecule is O=C(CSc1nc(Cl)nc2nc[nH]c12)NCCc1ccc(Cl)cc1Cl. The average molecular weight is 417 g/mol. The lowest BCUT2D eigenvalue weighted by Crippen LogP contribution is -2.27. The molecule has 1 aromatic carbocycles. The Morgan fingerprint density at radius 3 is 2.88 bits per heavy atom. The van der Waals surface area contributed by atoms with Crippen LogP contribution in [-0.4, -0.2) is 38.1 Å². The number of fused-ring (bicyclic) bond motifs is 1. The van der Waals surface area contributed by atoms with Gasteiger partial charge in [-0.3, -0.25) is 4.79 Å². The molecule has 0 spiro atoms. The molecule has 10 heteroatoms. The number of H-pyrrole nitrogens is 1. The summed E-state index contributed by atoms with van der Waals surface area (Å²) in [5, 5.41) is 4.71. The summed E-state index contributed by atoms with van der Waals surface area (Å²) < 4.78 is 0. The van der Waals surface area contributed by atoms with Crippen LogP contribution in [0.25, 0.3) is 11.2 Å². The number of carbonyl (C=O) groups is 1. The number of rotatable bonds is 6. The van der Waals surface area contributed by atoms with Gasteiger partial charge in [0.2, 0.25) is 11.2 Å². The number of carbonyl (C=O) groups excluding carboxylic acids is 1. The fourth-order valence-electron chi connectivity index (χ4n) is 2.13. The smallest absolute Gasteiger partial charge is 0.230 e. The Labute approximate surface area is 162 Å². The second-order valence-electron chi connectivity index (χ2n) is 5.02. The molecular weight excluding hydrogens is 405 g/mol. The second-order valence-corrected chi connectivity index (χ2v) is 7.17. The van der Waals surface area contributed by atoms with E-state index in [0.29, 0.717) is 39.2 Å². The molecule has 0 saturated carbocycles. The minimum absolute atomic E-state index is 0.0971. The molecule has 0 aliphatic heterocycles. The van der Waals surface area contributed by atoms with Gasteiger partial charge in [-0.15, -0.1) is 0 Å². The third-order valence-electron chi connectivity index (χ3n) is 3.30. The number of halogens is 3. The van der Waals surface area contributed by atoms with E-state index in [2.05, 4.69) is 25.3 Å². The fourth-order valence-corrected chi connectivity index (χ4v) is 3.66. The number of thioether (sulfide) groups is 1. The van der Waals surface area contributed by atoms with Gasteiger partial charge >= 0.3 is 0 Å². The van der Waals surface area contributed by atoms with Crippen molar-refractivity contribution in [2.24, 2.45) is 0 Å². The van der Waals surface area contributed by atoms with E-state index < -0.39 is 0 Å². The summed E-state index contributed by atoms with van der Waals surface area (Å²) >= 11 is 19.1. The van der Waals surface area contributed by atoms with Gasteiger partial charge in [-0.2, -0.15) is 4.98 Å². The lowest BCUT2D eigenvalue weighted by Gasteiger charge is -2.07. The summed E-state index contributed by atoms with van der Waals surface area (Å²) in [6.07, 6.45) is 2.13. The van der Waals surface area contributed by atoms with E-state index in [4.69, 9.17) is 34.8 Å². The number of hydrogen-bond acceptors (Lipinski definition) is 5. The van der Waals surface area contributed by atoms with Crippen molar-refractivity contribution < 1.29 is 4.79 Å². The Bertz CT molecular complexity index is 917. The van der Waals surface area contributed by atoms with Gasteiger partial charge in [0, 0.05) is 16.6 Å². The summed E-state index contributed by atoms with van der Waals surface area (Å²) in [7, 11) is 0. The molecule has 6 nitrogen and oxygen atoms in total. The maximum atomic E-state index is 12.0. The van der Waals surface area contributed by atoms with Crippen LogP contribution in [0, 0.1) is 0 Å². The van der Waals surface area contributed by atoms with Crippen LogP contribution in [0.5, 0.6) is 0 Å². The van der Waals surface area contributed by atoms with Gasteiger partial charge < -0.3 is 10.3 Å². The van der Waals surface area contributed by atoms with Crippen molar-refractivity contribution in [3.63, 3.8) is 0 Å². The zero-order valence-corrected chi connectivity index (χ0v) is 15.8. The van der Waals surface area contributed by atoms with Gasteiger partial charge in [0.05, 0.1) is 12.1 Å². The first kappa shape index (κ1) is 18.3. The lowest BCUT2D eigenvalue weighted by atomic mass is 10.1. The van der Waals surface area contributed by atoms with Gasteiger partial charge in [0.1, 0.15) is 10.5 Å². The first-order valence-corrected chi connectivity index (χ1v) is 9.35. The quantitative estimate of drug-likeness (QED) is 0.363. The molecular formula is C15H12Cl3N5OS. The summed E-state index contributed by atoms with van der Waals surface area (Å²) in [4.78, 5) is 27.1. The Morgan fingerprint density at radius 1 is 1.24 bits per heavy atom. The average Bonchev–Trinajstić information content (AvgIpc) is 3.03. The van der Waals surface area contributed by atoms with Crippen LogP contribution in [-0.2, 0) is 11.2 Å². The maximum Gasteiger partial charge on any atom is 0.230 e. The number of aromatic nitrogens is 4. The lowest BCUT2D eigenvalue weighted by molar-refractivity contribution is -0.118. The molecule has 2 aromatic heterocycles. The van der Waals surface area contributed by atoms with Crippen LogP contribution < -0.4 is 5.32 Å². The molecule has 1 amide bonds. The number of benzene rings is 1. The second kappa shape index (κ2) is 8.23. The third kappa shape index (κ3) is 4.76. The third-order valence-corrected chi connectivity index (χ3v) is 5.03. The van der Waals surface area contributed by atoms with E-state index in [0.717, 1.165) is 5.56 Å². The predicted octanol–water partition coefficient (Wildman–Crippen LogP) is 3.76. The van der Waals surface area contributed by atoms with Crippen molar-refractivity contribution in [3.05, 3.63) is 45.4 Å². The summed E-state index contributed by atoms with van der Waals surface area (Å²) in [6, 6.07) is 5.31. The topological polar surface area (TPSA) is 83.6 Å².